The lowest BCUT2D eigenvalue weighted by Gasteiger charge is -2.47. The average molecular weight is 446 g/mol. The zero-order valence-electron chi connectivity index (χ0n) is 19.5. The first-order valence-electron chi connectivity index (χ1n) is 12.1. The Balaban J connectivity index is 1.55. The van der Waals surface area contributed by atoms with Crippen molar-refractivity contribution in [2.24, 2.45) is 0 Å². The van der Waals surface area contributed by atoms with Crippen molar-refractivity contribution < 1.29 is 34.1 Å². The van der Waals surface area contributed by atoms with Crippen LogP contribution in [-0.4, -0.2) is 65.6 Å². The summed E-state index contributed by atoms with van der Waals surface area (Å²) in [7, 11) is 0. The van der Waals surface area contributed by atoms with Gasteiger partial charge in [0, 0.05) is 0 Å². The molecule has 0 spiro atoms. The summed E-state index contributed by atoms with van der Waals surface area (Å²) in [4.78, 5) is 17.1. The van der Waals surface area contributed by atoms with Gasteiger partial charge in [-0.05, 0) is 20.3 Å². The molecule has 8 nitrogen and oxygen atoms in total. The van der Waals surface area contributed by atoms with Gasteiger partial charge in [-0.15, -0.1) is 5.48 Å². The number of nitrogens with one attached hydrogen (secondary N) is 1. The Morgan fingerprint density at radius 2 is 1.74 bits per heavy atom. The number of aliphatic hydroxyl groups excluding tert-OH is 2. The molecule has 0 aliphatic carbocycles. The fourth-order valence-electron chi connectivity index (χ4n) is 4.07. The van der Waals surface area contributed by atoms with Gasteiger partial charge in [0.2, 0.25) is 0 Å². The van der Waals surface area contributed by atoms with Gasteiger partial charge in [-0.3, -0.25) is 4.79 Å². The standard InChI is InChI=1S/C23H43NO7/c1-4-5-6-7-8-9-10-11-12-13-17(25)14-20(26)31-24-18-15-28-19-16-29-23(2,3)30-22(19)21(18)27/h17-19,21-22,24-25,27H,4-16H2,1-3H3/t17?,18-,19+,21+,22+/m0/s1. The lowest BCUT2D eigenvalue weighted by molar-refractivity contribution is -0.341. The third kappa shape index (κ3) is 9.72. The van der Waals surface area contributed by atoms with Crippen LogP contribution in [0, 0.1) is 0 Å². The van der Waals surface area contributed by atoms with E-state index in [0.717, 1.165) is 12.8 Å². The molecule has 0 bridgehead atoms. The Kier molecular flexibility index (Phi) is 11.7. The maximum atomic E-state index is 12.0. The number of unbranched alkanes of at least 4 members (excludes halogenated alkanes) is 8. The molecular formula is C23H43NO7. The smallest absolute Gasteiger partial charge is 0.327 e. The van der Waals surface area contributed by atoms with E-state index in [0.29, 0.717) is 13.0 Å². The van der Waals surface area contributed by atoms with E-state index in [1.165, 1.54) is 44.9 Å². The van der Waals surface area contributed by atoms with E-state index in [2.05, 4.69) is 12.4 Å². The van der Waals surface area contributed by atoms with Gasteiger partial charge in [-0.25, -0.2) is 0 Å². The summed E-state index contributed by atoms with van der Waals surface area (Å²) in [5.74, 6) is -1.35. The van der Waals surface area contributed by atoms with Gasteiger partial charge in [0.25, 0.3) is 0 Å². The number of hydrogen-bond donors (Lipinski definition) is 3. The molecule has 0 radical (unpaired) electrons. The van der Waals surface area contributed by atoms with Gasteiger partial charge in [0.1, 0.15) is 18.3 Å². The van der Waals surface area contributed by atoms with Crippen molar-refractivity contribution in [2.45, 2.75) is 128 Å². The largest absolute Gasteiger partial charge is 0.393 e. The first-order valence-corrected chi connectivity index (χ1v) is 12.1. The van der Waals surface area contributed by atoms with Crippen molar-refractivity contribution in [3.05, 3.63) is 0 Å². The highest BCUT2D eigenvalue weighted by atomic mass is 16.7. The quantitative estimate of drug-likeness (QED) is 0.277. The van der Waals surface area contributed by atoms with Gasteiger partial charge in [0.05, 0.1) is 31.8 Å². The van der Waals surface area contributed by atoms with Crippen LogP contribution in [-0.2, 0) is 23.8 Å². The maximum Gasteiger partial charge on any atom is 0.327 e. The second kappa shape index (κ2) is 13.7. The lowest BCUT2D eigenvalue weighted by Crippen LogP contribution is -2.64. The van der Waals surface area contributed by atoms with Gasteiger partial charge in [-0.2, -0.15) is 0 Å². The van der Waals surface area contributed by atoms with Gasteiger partial charge in [0.15, 0.2) is 5.79 Å². The third-order valence-electron chi connectivity index (χ3n) is 5.99. The lowest BCUT2D eigenvalue weighted by atomic mass is 9.97. The summed E-state index contributed by atoms with van der Waals surface area (Å²) in [6, 6.07) is -0.603. The first kappa shape index (κ1) is 26.5. The van der Waals surface area contributed by atoms with E-state index >= 15 is 0 Å². The minimum Gasteiger partial charge on any atom is -0.393 e. The number of ether oxygens (including phenoxy) is 3. The molecule has 3 N–H and O–H groups in total. The third-order valence-corrected chi connectivity index (χ3v) is 5.99. The number of aliphatic hydroxyl groups is 2. The molecule has 2 rings (SSSR count). The molecule has 8 heteroatoms. The van der Waals surface area contributed by atoms with Crippen molar-refractivity contribution in [1.82, 2.24) is 5.48 Å². The van der Waals surface area contributed by atoms with E-state index in [1.807, 2.05) is 0 Å². The molecule has 0 aromatic carbocycles. The van der Waals surface area contributed by atoms with Crippen LogP contribution in [0.3, 0.4) is 0 Å². The monoisotopic (exact) mass is 445 g/mol. The number of hydroxylamine groups is 1. The molecule has 2 heterocycles. The highest BCUT2D eigenvalue weighted by Gasteiger charge is 2.47. The second-order valence-electron chi connectivity index (χ2n) is 9.33. The minimum atomic E-state index is -0.901. The van der Waals surface area contributed by atoms with Crippen molar-refractivity contribution >= 4 is 5.97 Å². The number of carbonyl (C=O) groups excluding carboxylic acids is 1. The summed E-state index contributed by atoms with van der Waals surface area (Å²) >= 11 is 0. The van der Waals surface area contributed by atoms with Crippen LogP contribution in [0.25, 0.3) is 0 Å². The number of carbonyl (C=O) groups is 1. The highest BCUT2D eigenvalue weighted by molar-refractivity contribution is 5.69. The predicted molar refractivity (Wildman–Crippen MR) is 116 cm³/mol. The summed E-state index contributed by atoms with van der Waals surface area (Å²) in [6.07, 6.45) is 8.92. The van der Waals surface area contributed by atoms with Crippen LogP contribution in [0.15, 0.2) is 0 Å². The zero-order chi connectivity index (χ0) is 22.7. The van der Waals surface area contributed by atoms with E-state index in [9.17, 15) is 15.0 Å². The summed E-state index contributed by atoms with van der Waals surface area (Å²) in [5, 5.41) is 20.7. The van der Waals surface area contributed by atoms with Crippen molar-refractivity contribution in [1.29, 1.82) is 0 Å². The van der Waals surface area contributed by atoms with Crippen LogP contribution in [0.5, 0.6) is 0 Å². The Labute approximate surface area is 186 Å². The maximum absolute atomic E-state index is 12.0. The molecule has 31 heavy (non-hydrogen) atoms. The number of fused-ring (bicyclic) bond motifs is 1. The van der Waals surface area contributed by atoms with E-state index in [4.69, 9.17) is 19.0 Å². The normalized spacial score (nSPS) is 28.7. The summed E-state index contributed by atoms with van der Waals surface area (Å²) < 4.78 is 17.0. The van der Waals surface area contributed by atoms with Gasteiger partial charge < -0.3 is 29.3 Å². The van der Waals surface area contributed by atoms with Crippen LogP contribution in [0.1, 0.15) is 91.4 Å². The molecular weight excluding hydrogens is 402 g/mol. The van der Waals surface area contributed by atoms with E-state index in [1.54, 1.807) is 13.8 Å². The Morgan fingerprint density at radius 3 is 2.42 bits per heavy atom. The second-order valence-corrected chi connectivity index (χ2v) is 9.33. The Bertz CT molecular complexity index is 516. The van der Waals surface area contributed by atoms with Crippen molar-refractivity contribution in [3.8, 4) is 0 Å². The fourth-order valence-corrected chi connectivity index (χ4v) is 4.07. The highest BCUT2D eigenvalue weighted by Crippen LogP contribution is 2.30. The van der Waals surface area contributed by atoms with Crippen molar-refractivity contribution in [3.63, 3.8) is 0 Å². The van der Waals surface area contributed by atoms with Crippen LogP contribution in [0.2, 0.25) is 0 Å². The molecule has 2 saturated heterocycles. The molecule has 0 aromatic heterocycles. The number of rotatable bonds is 14. The predicted octanol–water partition coefficient (Wildman–Crippen LogP) is 2.99. The molecule has 0 aromatic rings. The van der Waals surface area contributed by atoms with Crippen molar-refractivity contribution in [2.75, 3.05) is 13.2 Å². The molecule has 2 fully saturated rings. The Hall–Kier alpha value is -0.770. The molecule has 182 valence electrons. The first-order chi connectivity index (χ1) is 14.8. The molecule has 2 aliphatic heterocycles. The summed E-state index contributed by atoms with van der Waals surface area (Å²) in [5.41, 5.74) is 2.59. The zero-order valence-corrected chi connectivity index (χ0v) is 19.5. The van der Waals surface area contributed by atoms with Crippen LogP contribution in [0.4, 0.5) is 0 Å². The molecule has 1 unspecified atom stereocenters. The van der Waals surface area contributed by atoms with E-state index < -0.39 is 36.1 Å². The molecule has 0 amide bonds. The topological polar surface area (TPSA) is 106 Å². The fraction of sp³-hybridized carbons (Fsp3) is 0.957. The Morgan fingerprint density at radius 1 is 1.10 bits per heavy atom. The average Bonchev–Trinajstić information content (AvgIpc) is 2.72. The minimum absolute atomic E-state index is 0.0723. The van der Waals surface area contributed by atoms with Gasteiger partial charge in [-0.1, -0.05) is 64.7 Å². The van der Waals surface area contributed by atoms with Gasteiger partial charge >= 0.3 is 5.97 Å². The summed E-state index contributed by atoms with van der Waals surface area (Å²) in [6.45, 7) is 6.29. The van der Waals surface area contributed by atoms with E-state index in [-0.39, 0.29) is 19.1 Å². The number of hydrogen-bond acceptors (Lipinski definition) is 8. The SMILES string of the molecule is CCCCCCCCCCCC(O)CC(=O)ON[C@H]1CO[C@@H]2COC(C)(C)O[C@H]2[C@@H]1O. The molecule has 0 saturated carbocycles. The van der Waals surface area contributed by atoms with Crippen LogP contribution >= 0.6 is 0 Å². The van der Waals surface area contributed by atoms with Crippen LogP contribution < -0.4 is 5.48 Å². The molecule has 2 aliphatic rings. The molecule has 5 atom stereocenters.